The van der Waals surface area contributed by atoms with Crippen molar-refractivity contribution in [1.82, 2.24) is 14.9 Å². The minimum absolute atomic E-state index is 0.119. The number of anilines is 1. The van der Waals surface area contributed by atoms with Gasteiger partial charge in [-0.3, -0.25) is 4.79 Å². The third-order valence-electron chi connectivity index (χ3n) is 6.22. The van der Waals surface area contributed by atoms with Gasteiger partial charge in [-0.25, -0.2) is 9.37 Å². The van der Waals surface area contributed by atoms with Crippen LogP contribution in [0.25, 0.3) is 17.1 Å². The van der Waals surface area contributed by atoms with Crippen LogP contribution in [0.5, 0.6) is 0 Å². The van der Waals surface area contributed by atoms with Gasteiger partial charge in [0.2, 0.25) is 11.7 Å². The number of carbonyl (C=O) groups excluding carboxylic acids is 1. The summed E-state index contributed by atoms with van der Waals surface area (Å²) in [5.41, 5.74) is 2.89. The van der Waals surface area contributed by atoms with Crippen molar-refractivity contribution in [2.45, 2.75) is 31.7 Å². The Morgan fingerprint density at radius 1 is 1.28 bits per heavy atom. The van der Waals surface area contributed by atoms with Crippen molar-refractivity contribution in [3.63, 3.8) is 0 Å². The summed E-state index contributed by atoms with van der Waals surface area (Å²) < 4.78 is 19.4. The summed E-state index contributed by atoms with van der Waals surface area (Å²) in [6, 6.07) is 10.1. The van der Waals surface area contributed by atoms with E-state index in [1.807, 2.05) is 18.3 Å². The second kappa shape index (κ2) is 8.59. The topological polar surface area (TPSA) is 70.2 Å². The summed E-state index contributed by atoms with van der Waals surface area (Å²) in [4.78, 5) is 23.1. The number of likely N-dealkylation sites (tertiary alicyclic amines) is 1. The molecule has 5 rings (SSSR count). The van der Waals surface area contributed by atoms with Crippen LogP contribution in [0.4, 0.5) is 10.1 Å². The molecule has 0 radical (unpaired) electrons. The van der Waals surface area contributed by atoms with Crippen molar-refractivity contribution < 1.29 is 13.9 Å². The molecule has 1 fully saturated rings. The van der Waals surface area contributed by atoms with Gasteiger partial charge < -0.3 is 19.9 Å². The first-order valence-corrected chi connectivity index (χ1v) is 10.9. The lowest BCUT2D eigenvalue weighted by Gasteiger charge is -2.32. The second-order valence-corrected chi connectivity index (χ2v) is 8.36. The lowest BCUT2D eigenvalue weighted by atomic mass is 9.94. The number of aromatic amines is 1. The van der Waals surface area contributed by atoms with Gasteiger partial charge in [0.25, 0.3) is 0 Å². The SMILES string of the molecule is CN1CCCCC1CC1=C(Nc2ccc(F)cc2)OC(=Cc2c[nH]c3ncccc23)C1=O. The predicted octanol–water partition coefficient (Wildman–Crippen LogP) is 4.84. The van der Waals surface area contributed by atoms with E-state index in [9.17, 15) is 9.18 Å². The van der Waals surface area contributed by atoms with Gasteiger partial charge in [-0.15, -0.1) is 0 Å². The van der Waals surface area contributed by atoms with Crippen molar-refractivity contribution in [2.75, 3.05) is 18.9 Å². The van der Waals surface area contributed by atoms with Gasteiger partial charge in [0, 0.05) is 35.1 Å². The minimum Gasteiger partial charge on any atom is -0.436 e. The minimum atomic E-state index is -0.314. The van der Waals surface area contributed by atoms with Crippen LogP contribution in [0.15, 0.2) is 66.0 Å². The summed E-state index contributed by atoms with van der Waals surface area (Å²) in [5.74, 6) is 0.259. The number of Topliss-reactive ketones (excluding diaryl/α,β-unsaturated/α-hetero) is 1. The Bertz CT molecular complexity index is 1210. The summed E-state index contributed by atoms with van der Waals surface area (Å²) >= 11 is 0. The highest BCUT2D eigenvalue weighted by Crippen LogP contribution is 2.33. The average Bonchev–Trinajstić information content (AvgIpc) is 3.33. The maximum absolute atomic E-state index is 13.4. The first-order chi connectivity index (χ1) is 15.6. The molecule has 164 valence electrons. The number of nitrogens with one attached hydrogen (secondary N) is 2. The average molecular weight is 432 g/mol. The van der Waals surface area contributed by atoms with E-state index in [0.29, 0.717) is 23.6 Å². The molecule has 1 unspecified atom stereocenters. The van der Waals surface area contributed by atoms with Gasteiger partial charge in [-0.1, -0.05) is 6.42 Å². The van der Waals surface area contributed by atoms with Crippen LogP contribution >= 0.6 is 0 Å². The third kappa shape index (κ3) is 4.03. The largest absolute Gasteiger partial charge is 0.436 e. The molecule has 3 aromatic rings. The molecular weight excluding hydrogens is 407 g/mol. The summed E-state index contributed by atoms with van der Waals surface area (Å²) in [6.07, 6.45) is 9.28. The maximum Gasteiger partial charge on any atom is 0.229 e. The molecule has 4 heterocycles. The van der Waals surface area contributed by atoms with Gasteiger partial charge >= 0.3 is 0 Å². The number of fused-ring (bicyclic) bond motifs is 1. The molecule has 1 aromatic carbocycles. The number of hydrogen-bond donors (Lipinski definition) is 2. The Labute approximate surface area is 185 Å². The van der Waals surface area contributed by atoms with E-state index in [1.54, 1.807) is 24.4 Å². The van der Waals surface area contributed by atoms with Crippen LogP contribution in [0.1, 0.15) is 31.2 Å². The number of benzene rings is 1. The first-order valence-electron chi connectivity index (χ1n) is 10.9. The summed E-state index contributed by atoms with van der Waals surface area (Å²) in [7, 11) is 2.10. The number of pyridine rings is 1. The van der Waals surface area contributed by atoms with E-state index in [2.05, 4.69) is 27.2 Å². The standard InChI is InChI=1S/C25H25FN4O2/c1-30-12-3-2-5-19(30)14-21-23(31)22(13-16-15-28-24-20(16)6-4-11-27-24)32-25(21)29-18-9-7-17(26)8-10-18/h4,6-11,13,15,19,29H,2-3,5,12,14H2,1H3,(H,27,28). The molecule has 2 aromatic heterocycles. The highest BCUT2D eigenvalue weighted by atomic mass is 19.1. The summed E-state index contributed by atoms with van der Waals surface area (Å²) in [6.45, 7) is 1.03. The number of H-pyrrole nitrogens is 1. The molecule has 1 saturated heterocycles. The highest BCUT2D eigenvalue weighted by molar-refractivity contribution is 6.12. The van der Waals surface area contributed by atoms with Crippen molar-refractivity contribution in [3.8, 4) is 0 Å². The van der Waals surface area contributed by atoms with E-state index >= 15 is 0 Å². The summed E-state index contributed by atoms with van der Waals surface area (Å²) in [5, 5.41) is 4.11. The molecule has 1 atom stereocenters. The zero-order valence-electron chi connectivity index (χ0n) is 17.9. The molecule has 0 spiro atoms. The van der Waals surface area contributed by atoms with E-state index < -0.39 is 0 Å². The maximum atomic E-state index is 13.4. The van der Waals surface area contributed by atoms with Crippen LogP contribution in [-0.4, -0.2) is 40.3 Å². The number of allylic oxidation sites excluding steroid dienone is 1. The Hall–Kier alpha value is -3.45. The van der Waals surface area contributed by atoms with Gasteiger partial charge in [-0.2, -0.15) is 0 Å². The van der Waals surface area contributed by atoms with Crippen molar-refractivity contribution in [1.29, 1.82) is 0 Å². The number of ether oxygens (including phenoxy) is 1. The normalized spacial score (nSPS) is 20.9. The number of aromatic nitrogens is 2. The number of piperidine rings is 1. The second-order valence-electron chi connectivity index (χ2n) is 8.36. The number of halogens is 1. The predicted molar refractivity (Wildman–Crippen MR) is 122 cm³/mol. The van der Waals surface area contributed by atoms with Crippen LogP contribution in [0.2, 0.25) is 0 Å². The van der Waals surface area contributed by atoms with E-state index in [4.69, 9.17) is 4.74 Å². The number of nitrogens with zero attached hydrogens (tertiary/aromatic N) is 2. The number of rotatable bonds is 5. The monoisotopic (exact) mass is 432 g/mol. The molecule has 0 saturated carbocycles. The van der Waals surface area contributed by atoms with Crippen LogP contribution in [-0.2, 0) is 9.53 Å². The van der Waals surface area contributed by atoms with Crippen LogP contribution < -0.4 is 5.32 Å². The Morgan fingerprint density at radius 2 is 2.12 bits per heavy atom. The molecule has 0 amide bonds. The molecular formula is C25H25FN4O2. The van der Waals surface area contributed by atoms with E-state index in [0.717, 1.165) is 36.0 Å². The molecule has 32 heavy (non-hydrogen) atoms. The van der Waals surface area contributed by atoms with Gasteiger partial charge in [0.1, 0.15) is 11.5 Å². The fraction of sp³-hybridized carbons (Fsp3) is 0.280. The van der Waals surface area contributed by atoms with Crippen LogP contribution in [0, 0.1) is 5.82 Å². The third-order valence-corrected chi connectivity index (χ3v) is 6.22. The van der Waals surface area contributed by atoms with Crippen molar-refractivity contribution >= 4 is 28.6 Å². The Balaban J connectivity index is 1.47. The molecule has 2 aliphatic heterocycles. The molecule has 2 aliphatic rings. The molecule has 0 bridgehead atoms. The molecule has 2 N–H and O–H groups in total. The van der Waals surface area contributed by atoms with Gasteiger partial charge in [0.05, 0.1) is 5.57 Å². The first kappa shape index (κ1) is 20.5. The fourth-order valence-electron chi connectivity index (χ4n) is 4.39. The van der Waals surface area contributed by atoms with Crippen molar-refractivity contribution in [2.24, 2.45) is 0 Å². The van der Waals surface area contributed by atoms with Gasteiger partial charge in [0.15, 0.2) is 5.76 Å². The zero-order valence-corrected chi connectivity index (χ0v) is 17.9. The smallest absolute Gasteiger partial charge is 0.229 e. The molecule has 7 heteroatoms. The molecule has 0 aliphatic carbocycles. The lowest BCUT2D eigenvalue weighted by molar-refractivity contribution is -0.113. The quantitative estimate of drug-likeness (QED) is 0.565. The number of hydrogen-bond acceptors (Lipinski definition) is 5. The fourth-order valence-corrected chi connectivity index (χ4v) is 4.39. The zero-order chi connectivity index (χ0) is 22.1. The molecule has 6 nitrogen and oxygen atoms in total. The highest BCUT2D eigenvalue weighted by Gasteiger charge is 2.34. The Morgan fingerprint density at radius 3 is 2.94 bits per heavy atom. The Kier molecular flexibility index (Phi) is 5.49. The van der Waals surface area contributed by atoms with Gasteiger partial charge in [-0.05, 0) is 75.3 Å². The van der Waals surface area contributed by atoms with E-state index in [1.165, 1.54) is 18.6 Å². The number of ketones is 1. The lowest BCUT2D eigenvalue weighted by Crippen LogP contribution is -2.37. The van der Waals surface area contributed by atoms with E-state index in [-0.39, 0.29) is 23.4 Å². The number of carbonyl (C=O) groups is 1. The van der Waals surface area contributed by atoms with Crippen molar-refractivity contribution in [3.05, 3.63) is 77.4 Å². The van der Waals surface area contributed by atoms with Crippen LogP contribution in [0.3, 0.4) is 0 Å².